The van der Waals surface area contributed by atoms with E-state index in [-0.39, 0.29) is 29.8 Å². The fourth-order valence-electron chi connectivity index (χ4n) is 2.00. The maximum Gasteiger partial charge on any atom is 0.191 e. The van der Waals surface area contributed by atoms with E-state index in [1.54, 1.807) is 13.1 Å². The molecule has 0 unspecified atom stereocenters. The van der Waals surface area contributed by atoms with Gasteiger partial charge in [-0.15, -0.1) is 24.0 Å². The van der Waals surface area contributed by atoms with Crippen molar-refractivity contribution in [3.8, 4) is 0 Å². The summed E-state index contributed by atoms with van der Waals surface area (Å²) in [6, 6.07) is 4.59. The second-order valence-electron chi connectivity index (χ2n) is 4.82. The first-order valence-electron chi connectivity index (χ1n) is 6.81. The minimum Gasteiger partial charge on any atom is -0.361 e. The van der Waals surface area contributed by atoms with Crippen molar-refractivity contribution in [1.82, 2.24) is 15.8 Å². The van der Waals surface area contributed by atoms with Gasteiger partial charge in [0, 0.05) is 30.2 Å². The molecule has 1 heterocycles. The molecule has 2 N–H and O–H groups in total. The number of hydrogen-bond acceptors (Lipinski definition) is 3. The molecular formula is C15H19BrFIN4O. The Balaban J connectivity index is 0.00000264. The second kappa shape index (κ2) is 9.21. The van der Waals surface area contributed by atoms with Gasteiger partial charge >= 0.3 is 0 Å². The zero-order valence-electron chi connectivity index (χ0n) is 13.1. The Labute approximate surface area is 160 Å². The van der Waals surface area contributed by atoms with E-state index in [1.165, 1.54) is 12.1 Å². The van der Waals surface area contributed by atoms with Crippen LogP contribution in [0.25, 0.3) is 0 Å². The Morgan fingerprint density at radius 3 is 2.61 bits per heavy atom. The van der Waals surface area contributed by atoms with Crippen LogP contribution >= 0.6 is 39.9 Å². The molecule has 1 aromatic heterocycles. The number of halogens is 3. The van der Waals surface area contributed by atoms with Gasteiger partial charge in [0.25, 0.3) is 0 Å². The van der Waals surface area contributed by atoms with Crippen molar-refractivity contribution in [2.24, 2.45) is 4.99 Å². The van der Waals surface area contributed by atoms with Gasteiger partial charge in [-0.1, -0.05) is 21.1 Å². The Bertz CT molecular complexity index is 671. The largest absolute Gasteiger partial charge is 0.361 e. The molecule has 0 saturated heterocycles. The lowest BCUT2D eigenvalue weighted by atomic mass is 10.2. The molecule has 0 aliphatic heterocycles. The highest BCUT2D eigenvalue weighted by atomic mass is 127. The standard InChI is InChI=1S/C15H18BrFN4O.HI/c1-9-13(10(2)22-21-9)8-20-15(18-3)19-7-11-6-12(17)4-5-14(11)16;/h4-6H,7-8H2,1-3H3,(H2,18,19,20);1H. The Morgan fingerprint density at radius 1 is 1.30 bits per heavy atom. The number of rotatable bonds is 4. The molecule has 126 valence electrons. The second-order valence-corrected chi connectivity index (χ2v) is 5.67. The van der Waals surface area contributed by atoms with Gasteiger partial charge in [0.15, 0.2) is 5.96 Å². The molecule has 2 rings (SSSR count). The maximum absolute atomic E-state index is 13.3. The van der Waals surface area contributed by atoms with Crippen LogP contribution in [-0.2, 0) is 13.1 Å². The van der Waals surface area contributed by atoms with E-state index in [2.05, 4.69) is 36.7 Å². The van der Waals surface area contributed by atoms with Crippen LogP contribution < -0.4 is 10.6 Å². The Morgan fingerprint density at radius 2 is 2.00 bits per heavy atom. The predicted octanol–water partition coefficient (Wildman–Crippen LogP) is 3.68. The molecule has 0 spiro atoms. The molecular weight excluding hydrogens is 478 g/mol. The van der Waals surface area contributed by atoms with Crippen molar-refractivity contribution in [3.63, 3.8) is 0 Å². The SMILES string of the molecule is CN=C(NCc1cc(F)ccc1Br)NCc1c(C)noc1C.I. The molecule has 0 fully saturated rings. The summed E-state index contributed by atoms with van der Waals surface area (Å²) in [5.41, 5.74) is 2.68. The molecule has 8 heteroatoms. The summed E-state index contributed by atoms with van der Waals surface area (Å²) in [6.07, 6.45) is 0. The number of benzene rings is 1. The van der Waals surface area contributed by atoms with Crippen molar-refractivity contribution >= 4 is 45.9 Å². The topological polar surface area (TPSA) is 62.5 Å². The zero-order chi connectivity index (χ0) is 16.1. The van der Waals surface area contributed by atoms with Gasteiger partial charge in [0.1, 0.15) is 11.6 Å². The van der Waals surface area contributed by atoms with Gasteiger partial charge in [0.05, 0.1) is 5.69 Å². The van der Waals surface area contributed by atoms with E-state index >= 15 is 0 Å². The predicted molar refractivity (Wildman–Crippen MR) is 103 cm³/mol. The van der Waals surface area contributed by atoms with Crippen molar-refractivity contribution in [3.05, 3.63) is 51.1 Å². The van der Waals surface area contributed by atoms with Crippen LogP contribution in [0.5, 0.6) is 0 Å². The summed E-state index contributed by atoms with van der Waals surface area (Å²) >= 11 is 3.40. The van der Waals surface area contributed by atoms with Crippen LogP contribution in [0, 0.1) is 19.7 Å². The normalized spacial score (nSPS) is 11.1. The first kappa shape index (κ1) is 19.9. The van der Waals surface area contributed by atoms with E-state index in [0.29, 0.717) is 19.0 Å². The molecule has 0 aliphatic rings. The Kier molecular flexibility index (Phi) is 7.97. The fourth-order valence-corrected chi connectivity index (χ4v) is 2.39. The van der Waals surface area contributed by atoms with Crippen molar-refractivity contribution in [2.75, 3.05) is 7.05 Å². The van der Waals surface area contributed by atoms with Gasteiger partial charge in [-0.25, -0.2) is 4.39 Å². The van der Waals surface area contributed by atoms with E-state index in [0.717, 1.165) is 27.1 Å². The summed E-state index contributed by atoms with van der Waals surface area (Å²) < 4.78 is 19.2. The lowest BCUT2D eigenvalue weighted by Gasteiger charge is -2.12. The van der Waals surface area contributed by atoms with E-state index in [4.69, 9.17) is 4.52 Å². The van der Waals surface area contributed by atoms with Crippen LogP contribution in [0.1, 0.15) is 22.6 Å². The number of nitrogens with zero attached hydrogens (tertiary/aromatic N) is 2. The Hall–Kier alpha value is -1.16. The van der Waals surface area contributed by atoms with Crippen LogP contribution in [0.3, 0.4) is 0 Å². The molecule has 0 aliphatic carbocycles. The van der Waals surface area contributed by atoms with E-state index in [9.17, 15) is 4.39 Å². The monoisotopic (exact) mass is 496 g/mol. The van der Waals surface area contributed by atoms with Gasteiger partial charge < -0.3 is 15.2 Å². The fraction of sp³-hybridized carbons (Fsp3) is 0.333. The summed E-state index contributed by atoms with van der Waals surface area (Å²) in [5, 5.41) is 10.2. The zero-order valence-corrected chi connectivity index (χ0v) is 17.0. The summed E-state index contributed by atoms with van der Waals surface area (Å²) in [5.74, 6) is 1.14. The summed E-state index contributed by atoms with van der Waals surface area (Å²) in [4.78, 5) is 4.15. The third-order valence-electron chi connectivity index (χ3n) is 3.29. The molecule has 2 aromatic rings. The van der Waals surface area contributed by atoms with Gasteiger partial charge in [-0.2, -0.15) is 0 Å². The average molecular weight is 497 g/mol. The smallest absolute Gasteiger partial charge is 0.191 e. The highest BCUT2D eigenvalue weighted by molar-refractivity contribution is 14.0. The lowest BCUT2D eigenvalue weighted by Crippen LogP contribution is -2.36. The number of nitrogens with one attached hydrogen (secondary N) is 2. The molecule has 23 heavy (non-hydrogen) atoms. The minimum atomic E-state index is -0.265. The molecule has 5 nitrogen and oxygen atoms in total. The van der Waals surface area contributed by atoms with Crippen LogP contribution in [0.15, 0.2) is 32.2 Å². The highest BCUT2D eigenvalue weighted by Gasteiger charge is 2.09. The molecule has 1 aromatic carbocycles. The average Bonchev–Trinajstić information content (AvgIpc) is 2.82. The minimum absolute atomic E-state index is 0. The highest BCUT2D eigenvalue weighted by Crippen LogP contribution is 2.17. The van der Waals surface area contributed by atoms with Crippen molar-refractivity contribution in [1.29, 1.82) is 0 Å². The lowest BCUT2D eigenvalue weighted by molar-refractivity contribution is 0.392. The van der Waals surface area contributed by atoms with E-state index < -0.39 is 0 Å². The van der Waals surface area contributed by atoms with Crippen molar-refractivity contribution < 1.29 is 8.91 Å². The first-order chi connectivity index (χ1) is 10.5. The van der Waals surface area contributed by atoms with Crippen LogP contribution in [-0.4, -0.2) is 18.2 Å². The summed E-state index contributed by atoms with van der Waals surface area (Å²) in [6.45, 7) is 4.79. The molecule has 0 bridgehead atoms. The van der Waals surface area contributed by atoms with Gasteiger partial charge in [-0.05, 0) is 37.6 Å². The number of guanidine groups is 1. The van der Waals surface area contributed by atoms with E-state index in [1.807, 2.05) is 13.8 Å². The number of hydrogen-bond donors (Lipinski definition) is 2. The number of aromatic nitrogens is 1. The third kappa shape index (κ3) is 5.45. The van der Waals surface area contributed by atoms with Crippen LogP contribution in [0.4, 0.5) is 4.39 Å². The molecule has 0 radical (unpaired) electrons. The number of aliphatic imine (C=N–C) groups is 1. The van der Waals surface area contributed by atoms with Gasteiger partial charge in [-0.3, -0.25) is 4.99 Å². The first-order valence-corrected chi connectivity index (χ1v) is 7.60. The third-order valence-corrected chi connectivity index (χ3v) is 4.07. The molecule has 0 amide bonds. The van der Waals surface area contributed by atoms with Crippen LogP contribution in [0.2, 0.25) is 0 Å². The number of aryl methyl sites for hydroxylation is 2. The molecule has 0 saturated carbocycles. The maximum atomic E-state index is 13.3. The van der Waals surface area contributed by atoms with Crippen molar-refractivity contribution in [2.45, 2.75) is 26.9 Å². The summed E-state index contributed by atoms with van der Waals surface area (Å²) in [7, 11) is 1.68. The quantitative estimate of drug-likeness (QED) is 0.385. The molecule has 0 atom stereocenters. The van der Waals surface area contributed by atoms with Gasteiger partial charge in [0.2, 0.25) is 0 Å².